The summed E-state index contributed by atoms with van der Waals surface area (Å²) in [5.74, 6) is 0.250. The first-order valence-corrected chi connectivity index (χ1v) is 8.57. The number of amides is 1. The third kappa shape index (κ3) is 2.31. The number of benzene rings is 1. The van der Waals surface area contributed by atoms with Gasteiger partial charge in [0.05, 0.1) is 10.6 Å². The second-order valence-corrected chi connectivity index (χ2v) is 7.52. The second-order valence-electron chi connectivity index (χ2n) is 5.39. The molecule has 7 heteroatoms. The zero-order valence-corrected chi connectivity index (χ0v) is 13.2. The van der Waals surface area contributed by atoms with Crippen molar-refractivity contribution in [2.24, 2.45) is 7.05 Å². The zero-order valence-electron chi connectivity index (χ0n) is 12.4. The maximum Gasteiger partial charge on any atom is 0.246 e. The van der Waals surface area contributed by atoms with Gasteiger partial charge in [0, 0.05) is 19.7 Å². The molecule has 0 saturated carbocycles. The highest BCUT2D eigenvalue weighted by atomic mass is 32.2. The SMILES string of the molecule is Cc1cc(N2CC[C@H](S(=O)(=O)c3ccccc3)C2=O)n(C)n1. The Labute approximate surface area is 129 Å². The Morgan fingerprint density at radius 1 is 1.23 bits per heavy atom. The first kappa shape index (κ1) is 14.8. The van der Waals surface area contributed by atoms with Gasteiger partial charge in [-0.1, -0.05) is 18.2 Å². The molecule has 0 radical (unpaired) electrons. The number of nitrogens with zero attached hydrogens (tertiary/aromatic N) is 3. The van der Waals surface area contributed by atoms with Crippen molar-refractivity contribution in [2.45, 2.75) is 23.5 Å². The number of sulfone groups is 1. The summed E-state index contributed by atoms with van der Waals surface area (Å²) < 4.78 is 26.9. The van der Waals surface area contributed by atoms with Crippen molar-refractivity contribution in [1.29, 1.82) is 0 Å². The fourth-order valence-corrected chi connectivity index (χ4v) is 4.47. The van der Waals surface area contributed by atoms with Crippen LogP contribution in [-0.2, 0) is 21.7 Å². The number of hydrogen-bond acceptors (Lipinski definition) is 4. The van der Waals surface area contributed by atoms with Crippen LogP contribution in [0.1, 0.15) is 12.1 Å². The van der Waals surface area contributed by atoms with E-state index in [1.54, 1.807) is 36.0 Å². The Bertz CT molecular complexity index is 812. The van der Waals surface area contributed by atoms with Crippen LogP contribution in [0.25, 0.3) is 0 Å². The molecule has 1 fully saturated rings. The summed E-state index contributed by atoms with van der Waals surface area (Å²) >= 11 is 0. The smallest absolute Gasteiger partial charge is 0.246 e. The maximum atomic E-state index is 12.6. The molecule has 0 bridgehead atoms. The second kappa shape index (κ2) is 5.24. The number of carbonyl (C=O) groups excluding carboxylic acids is 1. The molecule has 0 spiro atoms. The van der Waals surface area contributed by atoms with E-state index in [1.165, 1.54) is 17.0 Å². The Morgan fingerprint density at radius 3 is 2.50 bits per heavy atom. The fourth-order valence-electron chi connectivity index (χ4n) is 2.79. The van der Waals surface area contributed by atoms with Crippen LogP contribution in [0.2, 0.25) is 0 Å². The Kier molecular flexibility index (Phi) is 3.52. The van der Waals surface area contributed by atoms with Gasteiger partial charge in [-0.05, 0) is 25.5 Å². The first-order valence-electron chi connectivity index (χ1n) is 7.02. The molecule has 22 heavy (non-hydrogen) atoms. The van der Waals surface area contributed by atoms with E-state index in [1.807, 2.05) is 6.92 Å². The molecule has 1 aromatic carbocycles. The lowest BCUT2D eigenvalue weighted by molar-refractivity contribution is -0.116. The van der Waals surface area contributed by atoms with Crippen molar-refractivity contribution in [2.75, 3.05) is 11.4 Å². The molecule has 0 N–H and O–H groups in total. The Balaban J connectivity index is 1.93. The van der Waals surface area contributed by atoms with Crippen molar-refractivity contribution >= 4 is 21.6 Å². The third-order valence-corrected chi connectivity index (χ3v) is 5.97. The summed E-state index contributed by atoms with van der Waals surface area (Å²) in [5, 5.41) is 3.19. The topological polar surface area (TPSA) is 72.3 Å². The van der Waals surface area contributed by atoms with Crippen LogP contribution in [0.4, 0.5) is 5.82 Å². The quantitative estimate of drug-likeness (QED) is 0.855. The van der Waals surface area contributed by atoms with Gasteiger partial charge in [0.1, 0.15) is 11.1 Å². The monoisotopic (exact) mass is 319 g/mol. The summed E-state index contributed by atoms with van der Waals surface area (Å²) in [4.78, 5) is 14.3. The largest absolute Gasteiger partial charge is 0.296 e. The van der Waals surface area contributed by atoms with Crippen LogP contribution in [0.15, 0.2) is 41.3 Å². The highest BCUT2D eigenvalue weighted by Gasteiger charge is 2.43. The van der Waals surface area contributed by atoms with E-state index in [9.17, 15) is 13.2 Å². The Morgan fingerprint density at radius 2 is 1.91 bits per heavy atom. The molecule has 1 amide bonds. The van der Waals surface area contributed by atoms with Crippen molar-refractivity contribution < 1.29 is 13.2 Å². The van der Waals surface area contributed by atoms with Gasteiger partial charge in [0.2, 0.25) is 5.91 Å². The standard InChI is InChI=1S/C15H17N3O3S/c1-11-10-14(17(2)16-11)18-9-8-13(15(18)19)22(20,21)12-6-4-3-5-7-12/h3-7,10,13H,8-9H2,1-2H3/t13-/m0/s1. The van der Waals surface area contributed by atoms with Gasteiger partial charge in [-0.3, -0.25) is 14.4 Å². The lowest BCUT2D eigenvalue weighted by Crippen LogP contribution is -2.34. The highest BCUT2D eigenvalue weighted by molar-refractivity contribution is 7.92. The number of aromatic nitrogens is 2. The molecule has 3 rings (SSSR count). The molecule has 2 aromatic rings. The predicted molar refractivity (Wildman–Crippen MR) is 82.3 cm³/mol. The van der Waals surface area contributed by atoms with Crippen LogP contribution in [-0.4, -0.2) is 35.9 Å². The minimum atomic E-state index is -3.66. The molecule has 1 atom stereocenters. The van der Waals surface area contributed by atoms with Gasteiger partial charge in [0.15, 0.2) is 9.84 Å². The third-order valence-electron chi connectivity index (χ3n) is 3.86. The van der Waals surface area contributed by atoms with Crippen molar-refractivity contribution in [3.63, 3.8) is 0 Å². The lowest BCUT2D eigenvalue weighted by Gasteiger charge is -2.16. The average Bonchev–Trinajstić information content (AvgIpc) is 3.02. The number of hydrogen-bond donors (Lipinski definition) is 0. The summed E-state index contributed by atoms with van der Waals surface area (Å²) in [5.41, 5.74) is 0.791. The van der Waals surface area contributed by atoms with Crippen LogP contribution in [0.3, 0.4) is 0 Å². The molecular weight excluding hydrogens is 302 g/mol. The van der Waals surface area contributed by atoms with Crippen molar-refractivity contribution in [1.82, 2.24) is 9.78 Å². The van der Waals surface area contributed by atoms with E-state index in [4.69, 9.17) is 0 Å². The maximum absolute atomic E-state index is 12.6. The minimum Gasteiger partial charge on any atom is -0.296 e. The van der Waals surface area contributed by atoms with Gasteiger partial charge in [-0.15, -0.1) is 0 Å². The summed E-state index contributed by atoms with van der Waals surface area (Å²) in [6.07, 6.45) is 0.292. The molecule has 0 aliphatic carbocycles. The van der Waals surface area contributed by atoms with Crippen molar-refractivity contribution in [3.05, 3.63) is 42.1 Å². The van der Waals surface area contributed by atoms with Gasteiger partial charge in [0.25, 0.3) is 0 Å². The van der Waals surface area contributed by atoms with E-state index in [-0.39, 0.29) is 10.8 Å². The highest BCUT2D eigenvalue weighted by Crippen LogP contribution is 2.28. The molecular formula is C15H17N3O3S. The zero-order chi connectivity index (χ0) is 15.9. The van der Waals surface area contributed by atoms with Gasteiger partial charge in [-0.25, -0.2) is 8.42 Å². The molecule has 1 aliphatic heterocycles. The summed E-state index contributed by atoms with van der Waals surface area (Å²) in [6, 6.07) is 9.91. The molecule has 1 aliphatic rings. The van der Waals surface area contributed by atoms with Gasteiger partial charge >= 0.3 is 0 Å². The number of rotatable bonds is 3. The average molecular weight is 319 g/mol. The van der Waals surface area contributed by atoms with Crippen LogP contribution in [0, 0.1) is 6.92 Å². The molecule has 2 heterocycles. The number of aryl methyl sites for hydroxylation is 2. The fraction of sp³-hybridized carbons (Fsp3) is 0.333. The van der Waals surface area contributed by atoms with Crippen LogP contribution < -0.4 is 4.90 Å². The molecule has 6 nitrogen and oxygen atoms in total. The molecule has 1 saturated heterocycles. The van der Waals surface area contributed by atoms with E-state index in [0.717, 1.165) is 5.69 Å². The molecule has 0 unspecified atom stereocenters. The van der Waals surface area contributed by atoms with E-state index in [2.05, 4.69) is 5.10 Å². The normalized spacial score (nSPS) is 18.9. The lowest BCUT2D eigenvalue weighted by atomic mass is 10.4. The van der Waals surface area contributed by atoms with Crippen molar-refractivity contribution in [3.8, 4) is 0 Å². The minimum absolute atomic E-state index is 0.191. The summed E-state index contributed by atoms with van der Waals surface area (Å²) in [6.45, 7) is 2.22. The van der Waals surface area contributed by atoms with Gasteiger partial charge < -0.3 is 0 Å². The van der Waals surface area contributed by atoms with Crippen LogP contribution in [0.5, 0.6) is 0 Å². The van der Waals surface area contributed by atoms with Gasteiger partial charge in [-0.2, -0.15) is 5.10 Å². The number of anilines is 1. The predicted octanol–water partition coefficient (Wildman–Crippen LogP) is 1.31. The summed E-state index contributed by atoms with van der Waals surface area (Å²) in [7, 11) is -1.91. The Hall–Kier alpha value is -2.15. The first-order chi connectivity index (χ1) is 10.4. The van der Waals surface area contributed by atoms with E-state index < -0.39 is 15.1 Å². The molecule has 116 valence electrons. The van der Waals surface area contributed by atoms with E-state index >= 15 is 0 Å². The molecule has 1 aromatic heterocycles. The number of carbonyl (C=O) groups is 1. The van der Waals surface area contributed by atoms with Crippen LogP contribution >= 0.6 is 0 Å². The van der Waals surface area contributed by atoms with E-state index in [0.29, 0.717) is 18.8 Å².